The molecule has 1 aliphatic rings. The van der Waals surface area contributed by atoms with Crippen LogP contribution in [0.15, 0.2) is 24.3 Å². The van der Waals surface area contributed by atoms with Gasteiger partial charge in [-0.1, -0.05) is 11.3 Å². The molecule has 2 N–H and O–H groups in total. The Labute approximate surface area is 166 Å². The Morgan fingerprint density at radius 3 is 2.82 bits per heavy atom. The van der Waals surface area contributed by atoms with Crippen LogP contribution in [0, 0.1) is 0 Å². The molecule has 1 saturated heterocycles. The Morgan fingerprint density at radius 2 is 2.11 bits per heavy atom. The number of benzene rings is 1. The van der Waals surface area contributed by atoms with Crippen LogP contribution in [0.1, 0.15) is 27.7 Å². The minimum atomic E-state index is -0.358. The molecular formula is C18H22N4O5S. The summed E-state index contributed by atoms with van der Waals surface area (Å²) in [4.78, 5) is 24.0. The summed E-state index contributed by atoms with van der Waals surface area (Å²) in [5.74, 6) is 0.133. The molecule has 1 aromatic carbocycles. The average Bonchev–Trinajstić information content (AvgIpc) is 3.39. The van der Waals surface area contributed by atoms with Gasteiger partial charge in [-0.3, -0.25) is 9.59 Å². The summed E-state index contributed by atoms with van der Waals surface area (Å²) in [5, 5.41) is 14.0. The normalized spacial score (nSPS) is 16.0. The molecule has 2 heterocycles. The fraction of sp³-hybridized carbons (Fsp3) is 0.444. The molecule has 1 fully saturated rings. The van der Waals surface area contributed by atoms with Crippen LogP contribution in [0.2, 0.25) is 0 Å². The first kappa shape index (κ1) is 20.2. The van der Waals surface area contributed by atoms with Gasteiger partial charge >= 0.3 is 0 Å². The fourth-order valence-corrected chi connectivity index (χ4v) is 3.25. The number of aromatic nitrogens is 2. The van der Waals surface area contributed by atoms with Gasteiger partial charge < -0.3 is 24.8 Å². The van der Waals surface area contributed by atoms with Crippen molar-refractivity contribution >= 4 is 28.8 Å². The highest BCUT2D eigenvalue weighted by Gasteiger charge is 2.17. The van der Waals surface area contributed by atoms with Crippen molar-refractivity contribution in [2.24, 2.45) is 0 Å². The molecule has 2 amide bonds. The summed E-state index contributed by atoms with van der Waals surface area (Å²) >= 11 is 1.12. The Balaban J connectivity index is 1.39. The Hall–Kier alpha value is -2.56. The third-order valence-corrected chi connectivity index (χ3v) is 4.91. The van der Waals surface area contributed by atoms with Gasteiger partial charge in [-0.15, -0.1) is 10.2 Å². The third kappa shape index (κ3) is 5.98. The van der Waals surface area contributed by atoms with Gasteiger partial charge in [-0.05, 0) is 37.1 Å². The molecule has 28 heavy (non-hydrogen) atoms. The van der Waals surface area contributed by atoms with Crippen LogP contribution in [0.25, 0.3) is 0 Å². The number of methoxy groups -OCH3 is 1. The van der Waals surface area contributed by atoms with Gasteiger partial charge in [0.1, 0.15) is 24.0 Å². The van der Waals surface area contributed by atoms with E-state index in [0.29, 0.717) is 23.0 Å². The van der Waals surface area contributed by atoms with E-state index in [1.54, 1.807) is 31.4 Å². The van der Waals surface area contributed by atoms with Gasteiger partial charge in [0, 0.05) is 18.8 Å². The number of anilines is 1. The van der Waals surface area contributed by atoms with Crippen molar-refractivity contribution in [1.29, 1.82) is 0 Å². The van der Waals surface area contributed by atoms with Gasteiger partial charge in [-0.25, -0.2) is 0 Å². The smallest absolute Gasteiger partial charge is 0.286 e. The average molecular weight is 406 g/mol. The molecule has 10 heteroatoms. The van der Waals surface area contributed by atoms with Crippen LogP contribution >= 0.6 is 11.3 Å². The van der Waals surface area contributed by atoms with E-state index in [0.717, 1.165) is 30.8 Å². The van der Waals surface area contributed by atoms with Crippen LogP contribution in [0.3, 0.4) is 0 Å². The van der Waals surface area contributed by atoms with Gasteiger partial charge in [0.05, 0.1) is 13.2 Å². The number of amides is 2. The summed E-state index contributed by atoms with van der Waals surface area (Å²) in [6.45, 7) is 1.28. The summed E-state index contributed by atoms with van der Waals surface area (Å²) in [6.07, 6.45) is 2.09. The van der Waals surface area contributed by atoms with Crippen molar-refractivity contribution in [3.05, 3.63) is 34.3 Å². The number of carbonyl (C=O) groups is 2. The molecule has 1 aromatic heterocycles. The maximum atomic E-state index is 12.2. The van der Waals surface area contributed by atoms with Crippen LogP contribution in [0.5, 0.6) is 5.75 Å². The van der Waals surface area contributed by atoms with Crippen LogP contribution < -0.4 is 15.4 Å². The van der Waals surface area contributed by atoms with E-state index in [2.05, 4.69) is 20.8 Å². The monoisotopic (exact) mass is 406 g/mol. The SMILES string of the molecule is COc1ccc(NC(=O)c2nnc(COCC(=O)NC[C@H]3CCCO3)s2)cc1. The molecule has 1 atom stereocenters. The number of nitrogens with zero attached hydrogens (tertiary/aromatic N) is 2. The van der Waals surface area contributed by atoms with Crippen LogP contribution in [-0.2, 0) is 20.9 Å². The van der Waals surface area contributed by atoms with E-state index in [4.69, 9.17) is 14.2 Å². The first-order valence-corrected chi connectivity index (χ1v) is 9.69. The molecule has 2 aromatic rings. The number of nitrogens with one attached hydrogen (secondary N) is 2. The van der Waals surface area contributed by atoms with E-state index < -0.39 is 0 Å². The number of hydrogen-bond acceptors (Lipinski definition) is 8. The first-order chi connectivity index (χ1) is 13.6. The van der Waals surface area contributed by atoms with Crippen molar-refractivity contribution in [3.63, 3.8) is 0 Å². The zero-order chi connectivity index (χ0) is 19.8. The second-order valence-corrected chi connectivity index (χ2v) is 7.18. The van der Waals surface area contributed by atoms with Crippen molar-refractivity contribution in [2.45, 2.75) is 25.6 Å². The van der Waals surface area contributed by atoms with E-state index in [1.165, 1.54) is 0 Å². The lowest BCUT2D eigenvalue weighted by Gasteiger charge is -2.10. The topological polar surface area (TPSA) is 112 Å². The van der Waals surface area contributed by atoms with Gasteiger partial charge in [0.2, 0.25) is 10.9 Å². The maximum absolute atomic E-state index is 12.2. The van der Waals surface area contributed by atoms with Gasteiger partial charge in [0.25, 0.3) is 5.91 Å². The summed E-state index contributed by atoms with van der Waals surface area (Å²) < 4.78 is 15.9. The first-order valence-electron chi connectivity index (χ1n) is 8.88. The molecular weight excluding hydrogens is 384 g/mol. The van der Waals surface area contributed by atoms with E-state index >= 15 is 0 Å². The molecule has 0 radical (unpaired) electrons. The lowest BCUT2D eigenvalue weighted by Crippen LogP contribution is -2.34. The number of ether oxygens (including phenoxy) is 3. The van der Waals surface area contributed by atoms with Crippen LogP contribution in [-0.4, -0.2) is 55.0 Å². The van der Waals surface area contributed by atoms with Gasteiger partial charge in [-0.2, -0.15) is 0 Å². The number of carbonyl (C=O) groups excluding carboxylic acids is 2. The summed E-state index contributed by atoms with van der Waals surface area (Å²) in [5.41, 5.74) is 0.627. The maximum Gasteiger partial charge on any atom is 0.286 e. The standard InChI is InChI=1S/C18H22N4O5S/c1-25-13-6-4-12(5-7-13)20-17(24)18-22-21-16(28-18)11-26-10-15(23)19-9-14-3-2-8-27-14/h4-7,14H,2-3,8-11H2,1H3,(H,19,23)(H,20,24)/t14-/m1/s1. The fourth-order valence-electron chi connectivity index (χ4n) is 2.58. The predicted octanol–water partition coefficient (Wildman–Crippen LogP) is 1.61. The quantitative estimate of drug-likeness (QED) is 0.651. The largest absolute Gasteiger partial charge is 0.497 e. The third-order valence-electron chi connectivity index (χ3n) is 4.02. The lowest BCUT2D eigenvalue weighted by molar-refractivity contribution is -0.126. The van der Waals surface area contributed by atoms with E-state index in [-0.39, 0.29) is 36.1 Å². The zero-order valence-electron chi connectivity index (χ0n) is 15.5. The number of rotatable bonds is 9. The number of hydrogen-bond donors (Lipinski definition) is 2. The molecule has 3 rings (SSSR count). The molecule has 0 unspecified atom stereocenters. The van der Waals surface area contributed by atoms with E-state index in [1.807, 2.05) is 0 Å². The zero-order valence-corrected chi connectivity index (χ0v) is 16.3. The van der Waals surface area contributed by atoms with E-state index in [9.17, 15) is 9.59 Å². The second-order valence-electron chi connectivity index (χ2n) is 6.12. The van der Waals surface area contributed by atoms with Crippen molar-refractivity contribution in [1.82, 2.24) is 15.5 Å². The Kier molecular flexibility index (Phi) is 7.29. The molecule has 1 aliphatic heterocycles. The summed E-state index contributed by atoms with van der Waals surface area (Å²) in [7, 11) is 1.58. The molecule has 0 bridgehead atoms. The van der Waals surface area contributed by atoms with Crippen molar-refractivity contribution in [2.75, 3.05) is 32.2 Å². The summed E-state index contributed by atoms with van der Waals surface area (Å²) in [6, 6.07) is 6.96. The Bertz CT molecular complexity index is 790. The Morgan fingerprint density at radius 1 is 1.29 bits per heavy atom. The molecule has 0 aliphatic carbocycles. The second kappa shape index (κ2) is 10.1. The molecule has 9 nitrogen and oxygen atoms in total. The van der Waals surface area contributed by atoms with Gasteiger partial charge in [0.15, 0.2) is 0 Å². The minimum Gasteiger partial charge on any atom is -0.497 e. The minimum absolute atomic E-state index is 0.0837. The van der Waals surface area contributed by atoms with Crippen molar-refractivity contribution < 1.29 is 23.8 Å². The molecule has 150 valence electrons. The highest BCUT2D eigenvalue weighted by atomic mass is 32.1. The molecule has 0 saturated carbocycles. The van der Waals surface area contributed by atoms with Crippen molar-refractivity contribution in [3.8, 4) is 5.75 Å². The predicted molar refractivity (Wildman–Crippen MR) is 102 cm³/mol. The van der Waals surface area contributed by atoms with Crippen LogP contribution in [0.4, 0.5) is 5.69 Å². The highest BCUT2D eigenvalue weighted by Crippen LogP contribution is 2.17. The highest BCUT2D eigenvalue weighted by molar-refractivity contribution is 7.13. The molecule has 0 spiro atoms. The lowest BCUT2D eigenvalue weighted by atomic mass is 10.2.